The van der Waals surface area contributed by atoms with E-state index in [1.807, 2.05) is 7.05 Å². The van der Waals surface area contributed by atoms with Crippen molar-refractivity contribution in [3.05, 3.63) is 29.6 Å². The van der Waals surface area contributed by atoms with Gasteiger partial charge in [-0.05, 0) is 49.5 Å². The Kier molecular flexibility index (Phi) is 4.14. The van der Waals surface area contributed by atoms with Crippen LogP contribution in [0.5, 0.6) is 5.75 Å². The number of nitrogens with one attached hydrogen (secondary N) is 1. The van der Waals surface area contributed by atoms with E-state index in [-0.39, 0.29) is 17.3 Å². The summed E-state index contributed by atoms with van der Waals surface area (Å²) in [6, 6.07) is 4.81. The Hall–Kier alpha value is -1.09. The maximum Gasteiger partial charge on any atom is 0.123 e. The largest absolute Gasteiger partial charge is 0.490 e. The van der Waals surface area contributed by atoms with Crippen molar-refractivity contribution in [3.8, 4) is 5.75 Å². The molecule has 106 valence electrons. The number of hydrogen-bond acceptors (Lipinski definition) is 2. The van der Waals surface area contributed by atoms with E-state index < -0.39 is 0 Å². The lowest BCUT2D eigenvalue weighted by atomic mass is 9.77. The fraction of sp³-hybridized carbons (Fsp3) is 0.625. The minimum atomic E-state index is -0.175. The second-order valence-corrected chi connectivity index (χ2v) is 6.55. The Morgan fingerprint density at radius 2 is 2.16 bits per heavy atom. The van der Waals surface area contributed by atoms with E-state index in [4.69, 9.17) is 4.74 Å². The molecule has 0 amide bonds. The van der Waals surface area contributed by atoms with Crippen LogP contribution < -0.4 is 10.1 Å². The molecular weight excluding hydrogens is 241 g/mol. The van der Waals surface area contributed by atoms with Crippen LogP contribution in [-0.4, -0.2) is 19.7 Å². The summed E-state index contributed by atoms with van der Waals surface area (Å²) >= 11 is 0. The van der Waals surface area contributed by atoms with Gasteiger partial charge < -0.3 is 10.1 Å². The number of ether oxygens (including phenoxy) is 1. The third kappa shape index (κ3) is 3.47. The maximum absolute atomic E-state index is 13.2. The van der Waals surface area contributed by atoms with Crippen molar-refractivity contribution < 1.29 is 9.13 Å². The molecule has 1 N–H and O–H groups in total. The first kappa shape index (κ1) is 14.3. The zero-order valence-electron chi connectivity index (χ0n) is 12.3. The quantitative estimate of drug-likeness (QED) is 0.901. The molecule has 1 aromatic carbocycles. The van der Waals surface area contributed by atoms with Crippen molar-refractivity contribution in [2.45, 2.75) is 39.7 Å². The number of hydrogen-bond donors (Lipinski definition) is 1. The van der Waals surface area contributed by atoms with E-state index in [1.54, 1.807) is 12.1 Å². The van der Waals surface area contributed by atoms with Gasteiger partial charge in [0.15, 0.2) is 0 Å². The summed E-state index contributed by atoms with van der Waals surface area (Å²) in [4.78, 5) is 0. The molecule has 0 aromatic heterocycles. The van der Waals surface area contributed by atoms with Crippen LogP contribution >= 0.6 is 0 Å². The number of rotatable bonds is 4. The summed E-state index contributed by atoms with van der Waals surface area (Å²) in [5.41, 5.74) is 1.24. The molecule has 0 spiro atoms. The lowest BCUT2D eigenvalue weighted by Gasteiger charge is -2.32. The molecule has 0 aliphatic carbocycles. The van der Waals surface area contributed by atoms with Gasteiger partial charge in [0.25, 0.3) is 0 Å². The van der Waals surface area contributed by atoms with E-state index in [0.717, 1.165) is 30.7 Å². The smallest absolute Gasteiger partial charge is 0.123 e. The van der Waals surface area contributed by atoms with Gasteiger partial charge in [0, 0.05) is 12.0 Å². The summed E-state index contributed by atoms with van der Waals surface area (Å²) < 4.78 is 19.1. The zero-order chi connectivity index (χ0) is 14.0. The Morgan fingerprint density at radius 1 is 1.42 bits per heavy atom. The summed E-state index contributed by atoms with van der Waals surface area (Å²) in [5, 5.41) is 3.26. The molecule has 2 unspecified atom stereocenters. The van der Waals surface area contributed by atoms with Crippen molar-refractivity contribution in [3.63, 3.8) is 0 Å². The molecular formula is C16H24FNO. The van der Waals surface area contributed by atoms with Crippen LogP contribution in [0.4, 0.5) is 4.39 Å². The van der Waals surface area contributed by atoms with Crippen molar-refractivity contribution in [1.29, 1.82) is 0 Å². The van der Waals surface area contributed by atoms with Gasteiger partial charge in [-0.15, -0.1) is 0 Å². The highest BCUT2D eigenvalue weighted by molar-refractivity contribution is 5.37. The molecule has 1 aromatic rings. The van der Waals surface area contributed by atoms with Gasteiger partial charge in [0.2, 0.25) is 0 Å². The highest BCUT2D eigenvalue weighted by Crippen LogP contribution is 2.36. The van der Waals surface area contributed by atoms with Gasteiger partial charge in [0.1, 0.15) is 17.7 Å². The first-order chi connectivity index (χ1) is 8.90. The molecule has 3 heteroatoms. The van der Waals surface area contributed by atoms with E-state index in [1.165, 1.54) is 6.07 Å². The minimum Gasteiger partial charge on any atom is -0.490 e. The van der Waals surface area contributed by atoms with E-state index in [9.17, 15) is 4.39 Å². The number of fused-ring (bicyclic) bond motifs is 1. The van der Waals surface area contributed by atoms with Gasteiger partial charge in [-0.25, -0.2) is 4.39 Å². The first-order valence-corrected chi connectivity index (χ1v) is 7.00. The first-order valence-electron chi connectivity index (χ1n) is 7.00. The van der Waals surface area contributed by atoms with Crippen LogP contribution in [-0.2, 0) is 6.42 Å². The van der Waals surface area contributed by atoms with Crippen LogP contribution in [0, 0.1) is 17.2 Å². The molecule has 1 heterocycles. The fourth-order valence-electron chi connectivity index (χ4n) is 2.73. The molecule has 19 heavy (non-hydrogen) atoms. The van der Waals surface area contributed by atoms with Gasteiger partial charge in [-0.3, -0.25) is 0 Å². The van der Waals surface area contributed by atoms with E-state index in [2.05, 4.69) is 26.1 Å². The van der Waals surface area contributed by atoms with E-state index >= 15 is 0 Å². The molecule has 1 aliphatic rings. The molecule has 0 saturated heterocycles. The second kappa shape index (κ2) is 5.49. The van der Waals surface area contributed by atoms with Crippen LogP contribution in [0.1, 0.15) is 32.8 Å². The minimum absolute atomic E-state index is 0.175. The molecule has 0 fully saturated rings. The lowest BCUT2D eigenvalue weighted by Crippen LogP contribution is -2.34. The third-order valence-electron chi connectivity index (χ3n) is 3.99. The summed E-state index contributed by atoms with van der Waals surface area (Å²) in [5.74, 6) is 1.22. The van der Waals surface area contributed by atoms with E-state index in [0.29, 0.717) is 5.92 Å². The number of halogens is 1. The predicted octanol–water partition coefficient (Wildman–Crippen LogP) is 3.40. The average molecular weight is 265 g/mol. The molecule has 0 saturated carbocycles. The fourth-order valence-corrected chi connectivity index (χ4v) is 2.73. The lowest BCUT2D eigenvalue weighted by molar-refractivity contribution is 0.135. The monoisotopic (exact) mass is 265 g/mol. The maximum atomic E-state index is 13.2. The standard InChI is InChI=1S/C16H24FNO/c1-16(2,3)12(10-18-4)9-14-8-11-7-13(17)5-6-15(11)19-14/h5-7,12,14,18H,8-10H2,1-4H3. The van der Waals surface area contributed by atoms with Crippen LogP contribution in [0.25, 0.3) is 0 Å². The molecule has 2 rings (SSSR count). The topological polar surface area (TPSA) is 21.3 Å². The van der Waals surface area contributed by atoms with Crippen molar-refractivity contribution in [2.24, 2.45) is 11.3 Å². The highest BCUT2D eigenvalue weighted by Gasteiger charge is 2.31. The van der Waals surface area contributed by atoms with Gasteiger partial charge >= 0.3 is 0 Å². The molecule has 0 radical (unpaired) electrons. The van der Waals surface area contributed by atoms with Crippen LogP contribution in [0.15, 0.2) is 18.2 Å². The average Bonchev–Trinajstić information content (AvgIpc) is 2.68. The van der Waals surface area contributed by atoms with Crippen LogP contribution in [0.2, 0.25) is 0 Å². The Balaban J connectivity index is 2.02. The van der Waals surface area contributed by atoms with Gasteiger partial charge in [-0.2, -0.15) is 0 Å². The third-order valence-corrected chi connectivity index (χ3v) is 3.99. The summed E-state index contributed by atoms with van der Waals surface area (Å²) in [6.07, 6.45) is 2.00. The SMILES string of the molecule is CNCC(CC1Cc2cc(F)ccc2O1)C(C)(C)C. The number of benzene rings is 1. The van der Waals surface area contributed by atoms with Crippen molar-refractivity contribution >= 4 is 0 Å². The highest BCUT2D eigenvalue weighted by atomic mass is 19.1. The van der Waals surface area contributed by atoms with Gasteiger partial charge in [-0.1, -0.05) is 20.8 Å². The van der Waals surface area contributed by atoms with Crippen molar-refractivity contribution in [1.82, 2.24) is 5.32 Å². The molecule has 2 nitrogen and oxygen atoms in total. The summed E-state index contributed by atoms with van der Waals surface area (Å²) in [7, 11) is 1.98. The molecule has 0 bridgehead atoms. The molecule has 1 aliphatic heterocycles. The zero-order valence-corrected chi connectivity index (χ0v) is 12.3. The van der Waals surface area contributed by atoms with Crippen LogP contribution in [0.3, 0.4) is 0 Å². The normalized spacial score (nSPS) is 19.9. The molecule has 2 atom stereocenters. The Morgan fingerprint density at radius 3 is 2.79 bits per heavy atom. The second-order valence-electron chi connectivity index (χ2n) is 6.55. The predicted molar refractivity (Wildman–Crippen MR) is 76.0 cm³/mol. The summed E-state index contributed by atoms with van der Waals surface area (Å²) in [6.45, 7) is 7.76. The Labute approximate surface area is 115 Å². The van der Waals surface area contributed by atoms with Crippen molar-refractivity contribution in [2.75, 3.05) is 13.6 Å². The van der Waals surface area contributed by atoms with Gasteiger partial charge in [0.05, 0.1) is 0 Å². The Bertz CT molecular complexity index is 439.